The van der Waals surface area contributed by atoms with Gasteiger partial charge in [0, 0.05) is 49.2 Å². The molecule has 0 aliphatic carbocycles. The van der Waals surface area contributed by atoms with Gasteiger partial charge in [0.2, 0.25) is 0 Å². The Labute approximate surface area is 354 Å². The SMILES string of the molecule is CC[C@H]1OC(=O)[C@@](C)(F)C(=O)[C@H](C)[C@@H](OC2O[C@H](C)C[C@H](N(C)C)[C@H]2O)[C@@](C)(OC)C[C@@H](C)C(=O)[C@H](C)[C@H]2N(CCCC(C)(C)n3cnc4ncccc43)C(=O)O[C@]12CC. The first kappa shape index (κ1) is 47.5. The normalized spacial score (nSPS) is 37.6. The Kier molecular flexibility index (Phi) is 14.3. The van der Waals surface area contributed by atoms with Crippen LogP contribution in [0.3, 0.4) is 0 Å². The molecule has 0 saturated carbocycles. The highest BCUT2D eigenvalue weighted by molar-refractivity contribution is 6.08. The number of ketones is 2. The van der Waals surface area contributed by atoms with Gasteiger partial charge >= 0.3 is 12.1 Å². The van der Waals surface area contributed by atoms with Crippen LogP contribution < -0.4 is 0 Å². The molecular weight excluding hydrogens is 778 g/mol. The number of ether oxygens (including phenoxy) is 5. The highest BCUT2D eigenvalue weighted by Gasteiger charge is 2.63. The minimum Gasteiger partial charge on any atom is -0.455 e. The van der Waals surface area contributed by atoms with Gasteiger partial charge in [-0.25, -0.2) is 23.9 Å². The minimum absolute atomic E-state index is 0.00233. The number of rotatable bonds is 11. The molecule has 1 unspecified atom stereocenters. The summed E-state index contributed by atoms with van der Waals surface area (Å²) in [6, 6.07) is 2.51. The first-order valence-electron chi connectivity index (χ1n) is 21.5. The number of nitrogens with zero attached hydrogens (tertiary/aromatic N) is 5. The van der Waals surface area contributed by atoms with E-state index >= 15 is 4.39 Å². The molecule has 0 spiro atoms. The topological polar surface area (TPSA) is 172 Å². The number of carbonyl (C=O) groups is 4. The number of fused-ring (bicyclic) bond motifs is 2. The van der Waals surface area contributed by atoms with Gasteiger partial charge in [0.1, 0.15) is 18.0 Å². The standard InChI is InChI=1S/C44H68FN5O10/c1-14-31-44(15-2)34(49(40(55)60-44)21-17-19-41(7,8)50-24-47-37-29(50)18-16-20-46-37)27(5)32(51)25(3)23-42(9,56-13)36(28(6)35(53)43(10,45)39(54)58-31)59-38-33(52)30(48(11)12)22-26(4)57-38/h16,18,20,24-28,30-31,33-34,36,38,52H,14-15,17,19,21-23H2,1-13H3/t25-,26-,27+,28+,30+,31-,33-,34-,36-,38?,42+,43+,44-/m1/s1. The number of alkyl halides is 1. The van der Waals surface area contributed by atoms with Crippen LogP contribution >= 0.6 is 0 Å². The third-order valence-corrected chi connectivity index (χ3v) is 13.7. The lowest BCUT2D eigenvalue weighted by molar-refractivity contribution is -0.295. The highest BCUT2D eigenvalue weighted by Crippen LogP contribution is 2.45. The minimum atomic E-state index is -3.18. The maximum absolute atomic E-state index is 17.0. The molecule has 2 aromatic rings. The van der Waals surface area contributed by atoms with Gasteiger partial charge in [0.15, 0.2) is 23.3 Å². The molecule has 2 aromatic heterocycles. The number of halogens is 1. The molecule has 60 heavy (non-hydrogen) atoms. The van der Waals surface area contributed by atoms with Crippen molar-refractivity contribution in [2.24, 2.45) is 17.8 Å². The van der Waals surface area contributed by atoms with Crippen molar-refractivity contribution in [3.05, 3.63) is 24.7 Å². The number of aliphatic hydroxyl groups excluding tert-OH is 1. The van der Waals surface area contributed by atoms with Gasteiger partial charge in [0.25, 0.3) is 5.67 Å². The molecule has 0 aromatic carbocycles. The number of hydrogen-bond donors (Lipinski definition) is 1. The summed E-state index contributed by atoms with van der Waals surface area (Å²) in [6.07, 6.45) is -0.675. The molecule has 0 bridgehead atoms. The summed E-state index contributed by atoms with van der Waals surface area (Å²) in [7, 11) is 5.06. The molecule has 336 valence electrons. The summed E-state index contributed by atoms with van der Waals surface area (Å²) >= 11 is 0. The number of Topliss-reactive ketones (excluding diaryl/α,β-unsaturated/α-hetero) is 2. The zero-order valence-corrected chi connectivity index (χ0v) is 37.8. The van der Waals surface area contributed by atoms with E-state index in [1.165, 1.54) is 14.0 Å². The van der Waals surface area contributed by atoms with Crippen molar-refractivity contribution < 1.29 is 52.4 Å². The quantitative estimate of drug-likeness (QED) is 0.218. The maximum Gasteiger partial charge on any atom is 0.410 e. The second kappa shape index (κ2) is 18.0. The van der Waals surface area contributed by atoms with E-state index in [0.717, 1.165) is 12.4 Å². The van der Waals surface area contributed by atoms with Crippen molar-refractivity contribution in [2.75, 3.05) is 27.7 Å². The lowest BCUT2D eigenvalue weighted by Crippen LogP contribution is -2.62. The molecular formula is C44H68FN5O10. The number of cyclic esters (lactones) is 1. The van der Waals surface area contributed by atoms with Crippen LogP contribution in [0.15, 0.2) is 24.7 Å². The van der Waals surface area contributed by atoms with Crippen LogP contribution in [0.1, 0.15) is 108 Å². The lowest BCUT2D eigenvalue weighted by atomic mass is 9.72. The monoisotopic (exact) mass is 845 g/mol. The maximum atomic E-state index is 17.0. The molecule has 0 radical (unpaired) electrons. The Bertz CT molecular complexity index is 1870. The Morgan fingerprint density at radius 3 is 2.37 bits per heavy atom. The van der Waals surface area contributed by atoms with Crippen LogP contribution in [0.4, 0.5) is 9.18 Å². The fourth-order valence-electron chi connectivity index (χ4n) is 10.1. The summed E-state index contributed by atoms with van der Waals surface area (Å²) in [6.45, 7) is 17.1. The van der Waals surface area contributed by atoms with Crippen molar-refractivity contribution in [1.82, 2.24) is 24.3 Å². The summed E-state index contributed by atoms with van der Waals surface area (Å²) in [5, 5.41) is 11.5. The van der Waals surface area contributed by atoms with Crippen LogP contribution in [0, 0.1) is 17.8 Å². The van der Waals surface area contributed by atoms with Crippen molar-refractivity contribution in [1.29, 1.82) is 0 Å². The Balaban J connectivity index is 1.54. The molecule has 3 aliphatic rings. The fraction of sp³-hybridized carbons (Fsp3) is 0.773. The number of esters is 1. The van der Waals surface area contributed by atoms with Crippen LogP contribution in [-0.2, 0) is 43.6 Å². The van der Waals surface area contributed by atoms with E-state index in [1.807, 2.05) is 38.1 Å². The van der Waals surface area contributed by atoms with Gasteiger partial charge in [-0.15, -0.1) is 0 Å². The number of pyridine rings is 1. The summed E-state index contributed by atoms with van der Waals surface area (Å²) < 4.78 is 50.1. The van der Waals surface area contributed by atoms with Crippen molar-refractivity contribution >= 4 is 34.8 Å². The molecule has 5 heterocycles. The number of aromatic nitrogens is 3. The number of imidazole rings is 1. The van der Waals surface area contributed by atoms with Gasteiger partial charge in [-0.05, 0) is 99.4 Å². The highest BCUT2D eigenvalue weighted by atomic mass is 19.1. The largest absolute Gasteiger partial charge is 0.455 e. The first-order valence-corrected chi connectivity index (χ1v) is 21.5. The molecule has 15 nitrogen and oxygen atoms in total. The van der Waals surface area contributed by atoms with Crippen LogP contribution in [-0.4, -0.2) is 140 Å². The van der Waals surface area contributed by atoms with Gasteiger partial charge < -0.3 is 43.2 Å². The number of hydrogen-bond acceptors (Lipinski definition) is 13. The van der Waals surface area contributed by atoms with Crippen LogP contribution in [0.25, 0.3) is 11.2 Å². The first-order chi connectivity index (χ1) is 28.0. The van der Waals surface area contributed by atoms with Crippen molar-refractivity contribution in [3.8, 4) is 0 Å². The Hall–Kier alpha value is -3.57. The fourth-order valence-corrected chi connectivity index (χ4v) is 10.1. The molecule has 5 rings (SSSR count). The average molecular weight is 846 g/mol. The van der Waals surface area contributed by atoms with Crippen LogP contribution in [0.2, 0.25) is 0 Å². The molecule has 3 aliphatic heterocycles. The number of carbonyl (C=O) groups excluding carboxylic acids is 4. The smallest absolute Gasteiger partial charge is 0.410 e. The number of likely N-dealkylation sites (N-methyl/N-ethyl adjacent to an activating group) is 1. The zero-order valence-electron chi connectivity index (χ0n) is 37.8. The Morgan fingerprint density at radius 2 is 1.75 bits per heavy atom. The average Bonchev–Trinajstić information content (AvgIpc) is 3.77. The molecule has 16 heteroatoms. The molecule has 1 N–H and O–H groups in total. The third-order valence-electron chi connectivity index (χ3n) is 13.7. The van der Waals surface area contributed by atoms with Gasteiger partial charge in [-0.1, -0.05) is 34.6 Å². The van der Waals surface area contributed by atoms with E-state index in [2.05, 4.69) is 28.4 Å². The summed E-state index contributed by atoms with van der Waals surface area (Å²) in [5.41, 5.74) is -5.14. The predicted octanol–water partition coefficient (Wildman–Crippen LogP) is 5.63. The molecule has 13 atom stereocenters. The van der Waals surface area contributed by atoms with E-state index in [0.29, 0.717) is 24.9 Å². The summed E-state index contributed by atoms with van der Waals surface area (Å²) in [5.74, 6) is -5.78. The zero-order chi connectivity index (χ0) is 44.7. The van der Waals surface area contributed by atoms with Gasteiger partial charge in [-0.2, -0.15) is 0 Å². The summed E-state index contributed by atoms with van der Waals surface area (Å²) in [4.78, 5) is 69.7. The van der Waals surface area contributed by atoms with E-state index in [4.69, 9.17) is 23.7 Å². The van der Waals surface area contributed by atoms with Crippen LogP contribution in [0.5, 0.6) is 0 Å². The van der Waals surface area contributed by atoms with Crippen molar-refractivity contribution in [3.63, 3.8) is 0 Å². The van der Waals surface area contributed by atoms with E-state index in [1.54, 1.807) is 52.0 Å². The Morgan fingerprint density at radius 1 is 1.07 bits per heavy atom. The second-order valence-corrected chi connectivity index (χ2v) is 18.6. The molecule has 3 fully saturated rings. The number of aliphatic hydroxyl groups is 1. The number of amides is 1. The predicted molar refractivity (Wildman–Crippen MR) is 221 cm³/mol. The van der Waals surface area contributed by atoms with E-state index < -0.39 is 88.7 Å². The van der Waals surface area contributed by atoms with E-state index in [-0.39, 0.29) is 43.7 Å². The van der Waals surface area contributed by atoms with Crippen molar-refractivity contribution in [2.45, 2.75) is 173 Å². The molecule has 3 saturated heterocycles. The lowest BCUT2D eigenvalue weighted by Gasteiger charge is -2.47. The molecule has 1 amide bonds. The third kappa shape index (κ3) is 8.73. The second-order valence-electron chi connectivity index (χ2n) is 18.6. The number of methoxy groups -OCH3 is 1. The van der Waals surface area contributed by atoms with Gasteiger partial charge in [0.05, 0.1) is 35.7 Å². The van der Waals surface area contributed by atoms with E-state index in [9.17, 15) is 24.3 Å². The van der Waals surface area contributed by atoms with Gasteiger partial charge in [-0.3, -0.25) is 9.59 Å².